The zero-order chi connectivity index (χ0) is 15.4. The predicted molar refractivity (Wildman–Crippen MR) is 81.8 cm³/mol. The number of aryl methyl sites for hydroxylation is 1. The molecule has 0 bridgehead atoms. The van der Waals surface area contributed by atoms with Crippen molar-refractivity contribution >= 4 is 40.7 Å². The van der Waals surface area contributed by atoms with Crippen LogP contribution >= 0.6 is 23.1 Å². The van der Waals surface area contributed by atoms with Crippen molar-refractivity contribution in [1.29, 1.82) is 0 Å². The highest BCUT2D eigenvalue weighted by atomic mass is 32.2. The monoisotopic (exact) mass is 325 g/mol. The SMILES string of the molecule is Cc1csc(C(=O)O)c1NC(=O)CSc1ccccc1F. The predicted octanol–water partition coefficient (Wildman–Crippen LogP) is 3.62. The number of carbonyl (C=O) groups excluding carboxylic acids is 1. The number of aromatic carboxylic acids is 1. The summed E-state index contributed by atoms with van der Waals surface area (Å²) < 4.78 is 13.4. The van der Waals surface area contributed by atoms with Gasteiger partial charge in [-0.2, -0.15) is 0 Å². The van der Waals surface area contributed by atoms with Crippen molar-refractivity contribution in [3.05, 3.63) is 45.9 Å². The van der Waals surface area contributed by atoms with Crippen LogP contribution in [0.25, 0.3) is 0 Å². The fraction of sp³-hybridized carbons (Fsp3) is 0.143. The summed E-state index contributed by atoms with van der Waals surface area (Å²) in [5.74, 6) is -1.82. The molecule has 0 aliphatic rings. The average Bonchev–Trinajstić information content (AvgIpc) is 2.79. The molecule has 1 aromatic carbocycles. The Labute approximate surface area is 129 Å². The lowest BCUT2D eigenvalue weighted by Crippen LogP contribution is -2.16. The number of thioether (sulfide) groups is 1. The van der Waals surface area contributed by atoms with Gasteiger partial charge in [-0.15, -0.1) is 23.1 Å². The molecule has 7 heteroatoms. The fourth-order valence-corrected chi connectivity index (χ4v) is 3.22. The highest BCUT2D eigenvalue weighted by molar-refractivity contribution is 8.00. The van der Waals surface area contributed by atoms with E-state index < -0.39 is 5.97 Å². The Kier molecular flexibility index (Phi) is 4.98. The van der Waals surface area contributed by atoms with Crippen molar-refractivity contribution in [2.45, 2.75) is 11.8 Å². The third-order valence-corrected chi connectivity index (χ3v) is 4.76. The Hall–Kier alpha value is -1.86. The van der Waals surface area contributed by atoms with Gasteiger partial charge >= 0.3 is 5.97 Å². The topological polar surface area (TPSA) is 66.4 Å². The molecule has 2 aromatic rings. The van der Waals surface area contributed by atoms with Gasteiger partial charge in [0.15, 0.2) is 0 Å². The smallest absolute Gasteiger partial charge is 0.348 e. The first kappa shape index (κ1) is 15.5. The molecule has 1 heterocycles. The number of nitrogens with one attached hydrogen (secondary N) is 1. The van der Waals surface area contributed by atoms with Crippen LogP contribution in [0.3, 0.4) is 0 Å². The van der Waals surface area contributed by atoms with Crippen LogP contribution in [0.4, 0.5) is 10.1 Å². The van der Waals surface area contributed by atoms with Crippen LogP contribution in [-0.2, 0) is 4.79 Å². The lowest BCUT2D eigenvalue weighted by atomic mass is 10.2. The molecule has 1 aromatic heterocycles. The number of halogens is 1. The number of thiophene rings is 1. The fourth-order valence-electron chi connectivity index (χ4n) is 1.64. The maximum Gasteiger partial charge on any atom is 0.348 e. The largest absolute Gasteiger partial charge is 0.477 e. The van der Waals surface area contributed by atoms with E-state index in [0.29, 0.717) is 16.1 Å². The first-order chi connectivity index (χ1) is 9.99. The van der Waals surface area contributed by atoms with Crippen LogP contribution in [0.15, 0.2) is 34.5 Å². The van der Waals surface area contributed by atoms with Crippen LogP contribution in [0, 0.1) is 12.7 Å². The molecule has 1 amide bonds. The van der Waals surface area contributed by atoms with Gasteiger partial charge in [-0.1, -0.05) is 12.1 Å². The van der Waals surface area contributed by atoms with E-state index in [9.17, 15) is 14.0 Å². The highest BCUT2D eigenvalue weighted by Crippen LogP contribution is 2.28. The van der Waals surface area contributed by atoms with Gasteiger partial charge in [-0.3, -0.25) is 4.79 Å². The van der Waals surface area contributed by atoms with E-state index in [0.717, 1.165) is 23.1 Å². The number of benzene rings is 1. The van der Waals surface area contributed by atoms with Crippen molar-refractivity contribution in [2.75, 3.05) is 11.1 Å². The second-order valence-corrected chi connectivity index (χ2v) is 6.09. The van der Waals surface area contributed by atoms with E-state index in [4.69, 9.17) is 5.11 Å². The van der Waals surface area contributed by atoms with Crippen LogP contribution in [-0.4, -0.2) is 22.7 Å². The van der Waals surface area contributed by atoms with Crippen molar-refractivity contribution in [3.63, 3.8) is 0 Å². The lowest BCUT2D eigenvalue weighted by Gasteiger charge is -2.06. The minimum absolute atomic E-state index is 0.00921. The molecule has 0 spiro atoms. The van der Waals surface area contributed by atoms with E-state index in [1.54, 1.807) is 30.5 Å². The van der Waals surface area contributed by atoms with Crippen LogP contribution in [0.1, 0.15) is 15.2 Å². The molecule has 0 unspecified atom stereocenters. The minimum Gasteiger partial charge on any atom is -0.477 e. The molecule has 0 fully saturated rings. The molecular weight excluding hydrogens is 313 g/mol. The summed E-state index contributed by atoms with van der Waals surface area (Å²) in [5, 5.41) is 13.3. The van der Waals surface area contributed by atoms with E-state index >= 15 is 0 Å². The lowest BCUT2D eigenvalue weighted by molar-refractivity contribution is -0.113. The summed E-state index contributed by atoms with van der Waals surface area (Å²) in [6.45, 7) is 1.72. The number of rotatable bonds is 5. The molecule has 2 rings (SSSR count). The van der Waals surface area contributed by atoms with Gasteiger partial charge in [0.1, 0.15) is 10.7 Å². The number of hydrogen-bond acceptors (Lipinski definition) is 4. The molecule has 0 aliphatic heterocycles. The first-order valence-corrected chi connectivity index (χ1v) is 7.84. The zero-order valence-corrected chi connectivity index (χ0v) is 12.7. The molecule has 0 atom stereocenters. The molecule has 0 radical (unpaired) electrons. The maximum atomic E-state index is 13.4. The first-order valence-electron chi connectivity index (χ1n) is 5.97. The van der Waals surface area contributed by atoms with E-state index in [1.165, 1.54) is 6.07 Å². The molecule has 0 saturated carbocycles. The van der Waals surface area contributed by atoms with Gasteiger partial charge in [0.05, 0.1) is 11.4 Å². The molecular formula is C14H12FNO3S2. The Morgan fingerprint density at radius 2 is 2.10 bits per heavy atom. The van der Waals surface area contributed by atoms with Gasteiger partial charge in [0, 0.05) is 4.90 Å². The summed E-state index contributed by atoms with van der Waals surface area (Å²) in [6.07, 6.45) is 0. The van der Waals surface area contributed by atoms with Gasteiger partial charge in [0.2, 0.25) is 5.91 Å². The van der Waals surface area contributed by atoms with Crippen molar-refractivity contribution in [1.82, 2.24) is 0 Å². The van der Waals surface area contributed by atoms with E-state index in [-0.39, 0.29) is 22.4 Å². The second kappa shape index (κ2) is 6.73. The summed E-state index contributed by atoms with van der Waals surface area (Å²) in [5.41, 5.74) is 1.01. The summed E-state index contributed by atoms with van der Waals surface area (Å²) in [4.78, 5) is 23.4. The van der Waals surface area contributed by atoms with Crippen molar-refractivity contribution < 1.29 is 19.1 Å². The summed E-state index contributed by atoms with van der Waals surface area (Å²) in [7, 11) is 0. The van der Waals surface area contributed by atoms with Crippen molar-refractivity contribution in [2.24, 2.45) is 0 Å². The number of hydrogen-bond donors (Lipinski definition) is 2. The van der Waals surface area contributed by atoms with Crippen LogP contribution in [0.5, 0.6) is 0 Å². The standard InChI is InChI=1S/C14H12FNO3S2/c1-8-6-21-13(14(18)19)12(8)16-11(17)7-20-10-5-3-2-4-9(10)15/h2-6H,7H2,1H3,(H,16,17)(H,18,19). The molecule has 0 aliphatic carbocycles. The van der Waals surface area contributed by atoms with E-state index in [1.807, 2.05) is 0 Å². The Balaban J connectivity index is 2.01. The van der Waals surface area contributed by atoms with Gasteiger partial charge in [-0.05, 0) is 30.0 Å². The maximum absolute atomic E-state index is 13.4. The summed E-state index contributed by atoms with van der Waals surface area (Å²) >= 11 is 2.13. The quantitative estimate of drug-likeness (QED) is 0.824. The highest BCUT2D eigenvalue weighted by Gasteiger charge is 2.17. The molecule has 4 nitrogen and oxygen atoms in total. The molecule has 21 heavy (non-hydrogen) atoms. The van der Waals surface area contributed by atoms with Crippen molar-refractivity contribution in [3.8, 4) is 0 Å². The number of anilines is 1. The molecule has 110 valence electrons. The van der Waals surface area contributed by atoms with E-state index in [2.05, 4.69) is 5.32 Å². The number of carboxylic acid groups (broad SMARTS) is 1. The number of amides is 1. The number of carboxylic acids is 1. The van der Waals surface area contributed by atoms with Gasteiger partial charge in [-0.25, -0.2) is 9.18 Å². The minimum atomic E-state index is -1.08. The normalized spacial score (nSPS) is 10.4. The molecule has 0 saturated heterocycles. The third-order valence-electron chi connectivity index (χ3n) is 2.63. The Morgan fingerprint density at radius 3 is 2.76 bits per heavy atom. The molecule has 2 N–H and O–H groups in total. The Morgan fingerprint density at radius 1 is 1.38 bits per heavy atom. The zero-order valence-electron chi connectivity index (χ0n) is 11.1. The number of carbonyl (C=O) groups is 2. The van der Waals surface area contributed by atoms with Gasteiger partial charge < -0.3 is 10.4 Å². The van der Waals surface area contributed by atoms with Crippen LogP contribution < -0.4 is 5.32 Å². The Bertz CT molecular complexity index is 685. The average molecular weight is 325 g/mol. The second-order valence-electron chi connectivity index (χ2n) is 4.20. The van der Waals surface area contributed by atoms with Crippen LogP contribution in [0.2, 0.25) is 0 Å². The third kappa shape index (κ3) is 3.83. The van der Waals surface area contributed by atoms with Gasteiger partial charge in [0.25, 0.3) is 0 Å². The summed E-state index contributed by atoms with van der Waals surface area (Å²) in [6, 6.07) is 6.18.